The molecule has 10 heteroatoms. The number of carbonyl (C=O) groups excluding carboxylic acids is 2. The summed E-state index contributed by atoms with van der Waals surface area (Å²) in [7, 11) is 0.105. The van der Waals surface area contributed by atoms with E-state index in [2.05, 4.69) is 16.6 Å². The van der Waals surface area contributed by atoms with Crippen molar-refractivity contribution in [2.45, 2.75) is 18.6 Å². The third-order valence-electron chi connectivity index (χ3n) is 5.48. The highest BCUT2D eigenvalue weighted by Crippen LogP contribution is 2.40. The molecule has 0 unspecified atom stereocenters. The fourth-order valence-electron chi connectivity index (χ4n) is 3.77. The maximum absolute atomic E-state index is 12.8. The van der Waals surface area contributed by atoms with Crippen LogP contribution >= 0.6 is 0 Å². The number of anilines is 3. The van der Waals surface area contributed by atoms with E-state index in [1.165, 1.54) is 6.08 Å². The van der Waals surface area contributed by atoms with Crippen molar-refractivity contribution in [1.29, 1.82) is 5.26 Å². The zero-order valence-electron chi connectivity index (χ0n) is 19.6. The van der Waals surface area contributed by atoms with Crippen LogP contribution < -0.4 is 19.8 Å². The highest BCUT2D eigenvalue weighted by atomic mass is 32.2. The van der Waals surface area contributed by atoms with Gasteiger partial charge < -0.3 is 15.1 Å². The summed E-state index contributed by atoms with van der Waals surface area (Å²) >= 11 is 0. The number of carbonyl (C=O) groups is 2. The molecule has 1 heterocycles. The Morgan fingerprint density at radius 3 is 2.17 bits per heavy atom. The van der Waals surface area contributed by atoms with Crippen LogP contribution in [0.25, 0.3) is 0 Å². The number of ketones is 1. The summed E-state index contributed by atoms with van der Waals surface area (Å²) in [4.78, 5) is 28.8. The van der Waals surface area contributed by atoms with Crippen molar-refractivity contribution in [3.8, 4) is 6.07 Å². The van der Waals surface area contributed by atoms with Crippen molar-refractivity contribution in [1.82, 2.24) is 4.72 Å². The van der Waals surface area contributed by atoms with Crippen LogP contribution in [0.2, 0.25) is 0 Å². The lowest BCUT2D eigenvalue weighted by Gasteiger charge is -2.19. The summed E-state index contributed by atoms with van der Waals surface area (Å²) in [5, 5.41) is 12.4. The molecule has 1 aliphatic rings. The van der Waals surface area contributed by atoms with Gasteiger partial charge in [0, 0.05) is 39.2 Å². The van der Waals surface area contributed by atoms with Gasteiger partial charge in [-0.1, -0.05) is 30.3 Å². The van der Waals surface area contributed by atoms with Gasteiger partial charge in [-0.25, -0.2) is 13.1 Å². The highest BCUT2D eigenvalue weighted by molar-refractivity contribution is 7.88. The molecule has 0 fully saturated rings. The molecule has 2 aromatic carbocycles. The fraction of sp³-hybridized carbons (Fsp3) is 0.240. The van der Waals surface area contributed by atoms with Crippen molar-refractivity contribution in [2.24, 2.45) is 0 Å². The quantitative estimate of drug-likeness (QED) is 0.296. The molecule has 0 spiro atoms. The van der Waals surface area contributed by atoms with Crippen molar-refractivity contribution in [2.75, 3.05) is 35.8 Å². The number of nitrogens with zero attached hydrogens (tertiary/aromatic N) is 3. The lowest BCUT2D eigenvalue weighted by atomic mass is 10.1. The van der Waals surface area contributed by atoms with Gasteiger partial charge in [-0.3, -0.25) is 9.59 Å². The van der Waals surface area contributed by atoms with Gasteiger partial charge in [-0.2, -0.15) is 5.26 Å². The van der Waals surface area contributed by atoms with Gasteiger partial charge in [0.1, 0.15) is 17.5 Å². The first-order valence-corrected chi connectivity index (χ1v) is 12.5. The number of allylic oxidation sites excluding steroid dienone is 1. The molecule has 0 radical (unpaired) electrons. The topological polar surface area (TPSA) is 123 Å². The van der Waals surface area contributed by atoms with Crippen molar-refractivity contribution in [3.05, 3.63) is 78.1 Å². The van der Waals surface area contributed by atoms with Gasteiger partial charge >= 0.3 is 0 Å². The minimum atomic E-state index is -3.48. The third-order valence-corrected chi connectivity index (χ3v) is 6.80. The summed E-state index contributed by atoms with van der Waals surface area (Å²) in [5.41, 5.74) is 2.81. The molecule has 0 atom stereocenters. The van der Waals surface area contributed by atoms with E-state index in [9.17, 15) is 23.3 Å². The first-order valence-electron chi connectivity index (χ1n) is 10.9. The van der Waals surface area contributed by atoms with E-state index >= 15 is 0 Å². The number of hydrogen-bond donors (Lipinski definition) is 2. The lowest BCUT2D eigenvalue weighted by Crippen LogP contribution is -2.26. The van der Waals surface area contributed by atoms with Crippen molar-refractivity contribution >= 4 is 38.8 Å². The predicted octanol–water partition coefficient (Wildman–Crippen LogP) is 2.90. The average molecular weight is 494 g/mol. The average Bonchev–Trinajstić information content (AvgIpc) is 3.08. The van der Waals surface area contributed by atoms with Crippen LogP contribution in [0, 0.1) is 11.3 Å². The number of nitriles is 1. The van der Waals surface area contributed by atoms with Crippen LogP contribution in [0.3, 0.4) is 0 Å². The Morgan fingerprint density at radius 2 is 1.63 bits per heavy atom. The fourth-order valence-corrected chi connectivity index (χ4v) is 4.88. The minimum Gasteiger partial charge on any atom is -0.328 e. The second-order valence-electron chi connectivity index (χ2n) is 7.98. The third kappa shape index (κ3) is 6.15. The van der Waals surface area contributed by atoms with Crippen LogP contribution in [0.1, 0.15) is 18.4 Å². The maximum Gasteiger partial charge on any atom is 0.224 e. The number of para-hydroxylation sites is 2. The number of Topliss-reactive ketones (excluding diaryl/α,β-unsaturated/α-hetero) is 1. The van der Waals surface area contributed by atoms with Crippen LogP contribution in [0.4, 0.5) is 17.1 Å². The Labute approximate surface area is 205 Å². The van der Waals surface area contributed by atoms with Crippen molar-refractivity contribution < 1.29 is 18.0 Å². The zero-order chi connectivity index (χ0) is 25.6. The largest absolute Gasteiger partial charge is 0.328 e. The zero-order valence-corrected chi connectivity index (χ0v) is 20.4. The van der Waals surface area contributed by atoms with Gasteiger partial charge in [0.15, 0.2) is 5.78 Å². The first-order chi connectivity index (χ1) is 16.7. The molecule has 2 aromatic rings. The summed E-state index contributed by atoms with van der Waals surface area (Å²) in [6.07, 6.45) is 1.24. The molecule has 0 saturated heterocycles. The number of hydrogen-bond acceptors (Lipinski definition) is 7. The number of benzene rings is 2. The number of amides is 1. The van der Waals surface area contributed by atoms with E-state index < -0.39 is 15.8 Å². The smallest absolute Gasteiger partial charge is 0.224 e. The van der Waals surface area contributed by atoms with Gasteiger partial charge in [0.2, 0.25) is 15.9 Å². The molecule has 182 valence electrons. The predicted molar refractivity (Wildman–Crippen MR) is 136 cm³/mol. The number of rotatable bonds is 10. The summed E-state index contributed by atoms with van der Waals surface area (Å²) in [5.74, 6) is -0.517. The van der Waals surface area contributed by atoms with E-state index in [0.29, 0.717) is 17.1 Å². The Bertz CT molecular complexity index is 1280. The van der Waals surface area contributed by atoms with Gasteiger partial charge in [-0.05, 0) is 29.8 Å². The summed E-state index contributed by atoms with van der Waals surface area (Å²) in [6.45, 7) is 3.63. The molecule has 0 saturated carbocycles. The standard InChI is InChI=1S/C25H27N5O4S/c1-4-15-27-35(33,34)17-18-9-11-19(12-10-18)28-24(32)14-13-23(31)20(16-26)25-29(2)21-7-5-6-8-22(21)30(25)3/h4-12,27H,1,13-15,17H2,2-3H3,(H,28,32). The van der Waals surface area contributed by atoms with E-state index in [1.54, 1.807) is 48.2 Å². The number of sulfonamides is 1. The molecule has 2 N–H and O–H groups in total. The molecule has 1 amide bonds. The Hall–Kier alpha value is -3.94. The molecular formula is C25H27N5O4S. The van der Waals surface area contributed by atoms with Crippen LogP contribution in [-0.2, 0) is 25.4 Å². The van der Waals surface area contributed by atoms with Crippen molar-refractivity contribution in [3.63, 3.8) is 0 Å². The normalized spacial score (nSPS) is 12.7. The molecule has 0 aromatic heterocycles. The van der Waals surface area contributed by atoms with Gasteiger partial charge in [-0.15, -0.1) is 6.58 Å². The molecular weight excluding hydrogens is 466 g/mol. The first kappa shape index (κ1) is 25.7. The highest BCUT2D eigenvalue weighted by Gasteiger charge is 2.31. The molecule has 0 bridgehead atoms. The maximum atomic E-state index is 12.8. The molecule has 35 heavy (non-hydrogen) atoms. The second-order valence-corrected chi connectivity index (χ2v) is 9.79. The minimum absolute atomic E-state index is 0.00498. The summed E-state index contributed by atoms with van der Waals surface area (Å²) in [6, 6.07) is 16.0. The Balaban J connectivity index is 1.60. The lowest BCUT2D eigenvalue weighted by molar-refractivity contribution is -0.120. The Morgan fingerprint density at radius 1 is 1.03 bits per heavy atom. The molecule has 0 aliphatic carbocycles. The van der Waals surface area contributed by atoms with Crippen LogP contribution in [-0.4, -0.2) is 40.7 Å². The molecule has 1 aliphatic heterocycles. The molecule has 3 rings (SSSR count). The SMILES string of the molecule is C=CCNS(=O)(=O)Cc1ccc(NC(=O)CCC(=O)C(C#N)=C2N(C)c3ccccc3N2C)cc1. The van der Waals surface area contributed by atoms with E-state index in [1.807, 2.05) is 30.3 Å². The van der Waals surface area contributed by atoms with Crippen LogP contribution in [0.15, 0.2) is 72.6 Å². The second kappa shape index (κ2) is 11.0. The van der Waals surface area contributed by atoms with E-state index in [-0.39, 0.29) is 36.6 Å². The summed E-state index contributed by atoms with van der Waals surface area (Å²) < 4.78 is 26.3. The number of fused-ring (bicyclic) bond motifs is 1. The van der Waals surface area contributed by atoms with Gasteiger partial charge in [0.25, 0.3) is 0 Å². The Kier molecular flexibility index (Phi) is 8.06. The molecule has 9 nitrogen and oxygen atoms in total. The van der Waals surface area contributed by atoms with E-state index in [0.717, 1.165) is 11.4 Å². The van der Waals surface area contributed by atoms with Gasteiger partial charge in [0.05, 0.1) is 17.1 Å². The monoisotopic (exact) mass is 493 g/mol. The van der Waals surface area contributed by atoms with E-state index in [4.69, 9.17) is 0 Å². The number of nitrogens with one attached hydrogen (secondary N) is 2. The van der Waals surface area contributed by atoms with Crippen LogP contribution in [0.5, 0.6) is 0 Å².